The Morgan fingerprint density at radius 3 is 2.60 bits per heavy atom. The smallest absolute Gasteiger partial charge is 0.0314 e. The molecule has 2 N–H and O–H groups in total. The minimum Gasteiger partial charge on any atom is -0.399 e. The van der Waals surface area contributed by atoms with E-state index < -0.39 is 0 Å². The standard InChI is InChI=1S/C14H21N/c1-9(2)8-14-10(3)6-7-13(11(14)4)12(5)15/h7-8,10H,5-6,15H2,1-4H3. The van der Waals surface area contributed by atoms with Crippen molar-refractivity contribution in [2.75, 3.05) is 0 Å². The van der Waals surface area contributed by atoms with Crippen LogP contribution in [0.5, 0.6) is 0 Å². The highest BCUT2D eigenvalue weighted by molar-refractivity contribution is 5.51. The molecule has 0 heterocycles. The number of hydrogen-bond acceptors (Lipinski definition) is 1. The van der Waals surface area contributed by atoms with Gasteiger partial charge in [0.2, 0.25) is 0 Å². The molecule has 0 radical (unpaired) electrons. The van der Waals surface area contributed by atoms with Crippen LogP contribution >= 0.6 is 0 Å². The molecule has 0 aliphatic heterocycles. The lowest BCUT2D eigenvalue weighted by Gasteiger charge is -2.23. The van der Waals surface area contributed by atoms with E-state index >= 15 is 0 Å². The predicted molar refractivity (Wildman–Crippen MR) is 67.3 cm³/mol. The van der Waals surface area contributed by atoms with Crippen molar-refractivity contribution in [3.05, 3.63) is 46.7 Å². The van der Waals surface area contributed by atoms with Crippen LogP contribution in [-0.2, 0) is 0 Å². The van der Waals surface area contributed by atoms with E-state index in [0.29, 0.717) is 11.6 Å². The third kappa shape index (κ3) is 2.62. The van der Waals surface area contributed by atoms with Gasteiger partial charge in [0, 0.05) is 5.70 Å². The van der Waals surface area contributed by atoms with Crippen LogP contribution in [0.2, 0.25) is 0 Å². The van der Waals surface area contributed by atoms with Gasteiger partial charge < -0.3 is 5.73 Å². The monoisotopic (exact) mass is 203 g/mol. The first kappa shape index (κ1) is 11.8. The van der Waals surface area contributed by atoms with E-state index in [-0.39, 0.29) is 0 Å². The largest absolute Gasteiger partial charge is 0.399 e. The molecule has 1 aliphatic rings. The first-order chi connectivity index (χ1) is 6.93. The van der Waals surface area contributed by atoms with Crippen molar-refractivity contribution in [2.24, 2.45) is 11.7 Å². The number of rotatable bonds is 2. The maximum Gasteiger partial charge on any atom is 0.0314 e. The lowest BCUT2D eigenvalue weighted by Crippen LogP contribution is -2.11. The summed E-state index contributed by atoms with van der Waals surface area (Å²) in [6.07, 6.45) is 5.52. The fourth-order valence-electron chi connectivity index (χ4n) is 2.03. The normalized spacial score (nSPS) is 21.1. The summed E-state index contributed by atoms with van der Waals surface area (Å²) in [6, 6.07) is 0. The van der Waals surface area contributed by atoms with Gasteiger partial charge in [-0.15, -0.1) is 0 Å². The number of hydrogen-bond donors (Lipinski definition) is 1. The summed E-state index contributed by atoms with van der Waals surface area (Å²) in [7, 11) is 0. The molecule has 1 unspecified atom stereocenters. The molecule has 1 rings (SSSR count). The van der Waals surface area contributed by atoms with Crippen molar-refractivity contribution in [1.82, 2.24) is 0 Å². The van der Waals surface area contributed by atoms with Crippen molar-refractivity contribution in [3.63, 3.8) is 0 Å². The zero-order valence-electron chi connectivity index (χ0n) is 10.2. The molecule has 1 heteroatoms. The molecule has 1 atom stereocenters. The minimum atomic E-state index is 0.586. The molecule has 15 heavy (non-hydrogen) atoms. The van der Waals surface area contributed by atoms with Crippen LogP contribution < -0.4 is 5.73 Å². The average molecular weight is 203 g/mol. The molecule has 0 aromatic carbocycles. The van der Waals surface area contributed by atoms with E-state index in [4.69, 9.17) is 5.73 Å². The summed E-state index contributed by atoms with van der Waals surface area (Å²) in [5, 5.41) is 0. The first-order valence-electron chi connectivity index (χ1n) is 5.44. The number of nitrogens with two attached hydrogens (primary N) is 1. The second-order valence-corrected chi connectivity index (χ2v) is 4.58. The molecular weight excluding hydrogens is 182 g/mol. The molecule has 0 saturated carbocycles. The van der Waals surface area contributed by atoms with Crippen LogP contribution in [-0.4, -0.2) is 0 Å². The minimum absolute atomic E-state index is 0.586. The molecule has 0 saturated heterocycles. The summed E-state index contributed by atoms with van der Waals surface area (Å²) in [6.45, 7) is 12.5. The third-order valence-electron chi connectivity index (χ3n) is 2.83. The van der Waals surface area contributed by atoms with Gasteiger partial charge in [-0.05, 0) is 49.8 Å². The molecule has 1 aliphatic carbocycles. The van der Waals surface area contributed by atoms with E-state index in [0.717, 1.165) is 12.0 Å². The van der Waals surface area contributed by atoms with Gasteiger partial charge in [0.05, 0.1) is 0 Å². The first-order valence-corrected chi connectivity index (χ1v) is 5.44. The van der Waals surface area contributed by atoms with Gasteiger partial charge in [0.15, 0.2) is 0 Å². The topological polar surface area (TPSA) is 26.0 Å². The van der Waals surface area contributed by atoms with Gasteiger partial charge in [0.25, 0.3) is 0 Å². The Hall–Kier alpha value is -1.24. The van der Waals surface area contributed by atoms with Crippen LogP contribution in [0.15, 0.2) is 46.7 Å². The zero-order chi connectivity index (χ0) is 11.6. The van der Waals surface area contributed by atoms with Crippen LogP contribution in [0.1, 0.15) is 34.1 Å². The second kappa shape index (κ2) is 4.52. The van der Waals surface area contributed by atoms with Gasteiger partial charge >= 0.3 is 0 Å². The second-order valence-electron chi connectivity index (χ2n) is 4.58. The van der Waals surface area contributed by atoms with Gasteiger partial charge in [0.1, 0.15) is 0 Å². The maximum atomic E-state index is 5.78. The maximum absolute atomic E-state index is 5.78. The molecule has 0 aromatic rings. The molecular formula is C14H21N. The fraction of sp³-hybridized carbons (Fsp3) is 0.429. The Kier molecular flexibility index (Phi) is 3.57. The van der Waals surface area contributed by atoms with Gasteiger partial charge in [-0.25, -0.2) is 0 Å². The summed E-state index contributed by atoms with van der Waals surface area (Å²) in [5.41, 5.74) is 11.6. The van der Waals surface area contributed by atoms with Crippen LogP contribution in [0.3, 0.4) is 0 Å². The molecule has 0 aromatic heterocycles. The van der Waals surface area contributed by atoms with Crippen molar-refractivity contribution in [2.45, 2.75) is 34.1 Å². The van der Waals surface area contributed by atoms with Crippen LogP contribution in [0.25, 0.3) is 0 Å². The lowest BCUT2D eigenvalue weighted by molar-refractivity contribution is 0.688. The van der Waals surface area contributed by atoms with E-state index in [2.05, 4.69) is 46.4 Å². The van der Waals surface area contributed by atoms with E-state index in [9.17, 15) is 0 Å². The van der Waals surface area contributed by atoms with Gasteiger partial charge in [-0.3, -0.25) is 0 Å². The number of allylic oxidation sites excluding steroid dienone is 5. The molecule has 82 valence electrons. The highest BCUT2D eigenvalue weighted by Gasteiger charge is 2.17. The van der Waals surface area contributed by atoms with Crippen LogP contribution in [0, 0.1) is 5.92 Å². The highest BCUT2D eigenvalue weighted by Crippen LogP contribution is 2.32. The van der Waals surface area contributed by atoms with Gasteiger partial charge in [-0.2, -0.15) is 0 Å². The fourth-order valence-corrected chi connectivity index (χ4v) is 2.03. The van der Waals surface area contributed by atoms with E-state index in [1.807, 2.05) is 0 Å². The Morgan fingerprint density at radius 1 is 1.53 bits per heavy atom. The van der Waals surface area contributed by atoms with E-state index in [1.54, 1.807) is 0 Å². The summed E-state index contributed by atoms with van der Waals surface area (Å²) in [4.78, 5) is 0. The Morgan fingerprint density at radius 2 is 2.13 bits per heavy atom. The molecule has 0 fully saturated rings. The zero-order valence-corrected chi connectivity index (χ0v) is 10.2. The molecule has 1 nitrogen and oxygen atoms in total. The quantitative estimate of drug-likeness (QED) is 0.727. The SMILES string of the molecule is C=C(N)C1=CCC(C)C(C=C(C)C)=C1C. The van der Waals surface area contributed by atoms with Crippen molar-refractivity contribution in [1.29, 1.82) is 0 Å². The Balaban J connectivity index is 3.18. The van der Waals surface area contributed by atoms with Crippen LogP contribution in [0.4, 0.5) is 0 Å². The third-order valence-corrected chi connectivity index (χ3v) is 2.83. The average Bonchev–Trinajstić information content (AvgIpc) is 2.11. The van der Waals surface area contributed by atoms with Crippen molar-refractivity contribution >= 4 is 0 Å². The van der Waals surface area contributed by atoms with Crippen molar-refractivity contribution in [3.8, 4) is 0 Å². The van der Waals surface area contributed by atoms with Crippen molar-refractivity contribution < 1.29 is 0 Å². The van der Waals surface area contributed by atoms with E-state index in [1.165, 1.54) is 16.7 Å². The lowest BCUT2D eigenvalue weighted by atomic mass is 9.83. The van der Waals surface area contributed by atoms with Gasteiger partial charge in [-0.1, -0.05) is 31.2 Å². The summed E-state index contributed by atoms with van der Waals surface area (Å²) < 4.78 is 0. The Labute approximate surface area is 93.1 Å². The molecule has 0 amide bonds. The predicted octanol–water partition coefficient (Wildman–Crippen LogP) is 3.71. The molecule has 0 bridgehead atoms. The summed E-state index contributed by atoms with van der Waals surface area (Å²) >= 11 is 0. The summed E-state index contributed by atoms with van der Waals surface area (Å²) in [5.74, 6) is 0.586. The highest BCUT2D eigenvalue weighted by atomic mass is 14.6. The molecule has 0 spiro atoms. The Bertz CT molecular complexity index is 363.